The Balaban J connectivity index is 2.54. The number of hydrogen-bond acceptors (Lipinski definition) is 3. The summed E-state index contributed by atoms with van der Waals surface area (Å²) in [7, 11) is 1.36. The summed E-state index contributed by atoms with van der Waals surface area (Å²) in [6, 6.07) is 7.86. The van der Waals surface area contributed by atoms with E-state index in [4.69, 9.17) is 10.00 Å². The van der Waals surface area contributed by atoms with Crippen LogP contribution in [0.25, 0.3) is 0 Å². The van der Waals surface area contributed by atoms with Crippen LogP contribution >= 0.6 is 22.6 Å². The molecule has 3 nitrogen and oxygen atoms in total. The van der Waals surface area contributed by atoms with Gasteiger partial charge in [0.15, 0.2) is 0 Å². The number of carbonyl (C=O) groups excluding carboxylic acids is 1. The second-order valence-corrected chi connectivity index (χ2v) is 5.12. The predicted molar refractivity (Wildman–Crippen MR) is 67.0 cm³/mol. The summed E-state index contributed by atoms with van der Waals surface area (Å²) >= 11 is 2.14. The molecule has 1 saturated carbocycles. The van der Waals surface area contributed by atoms with Gasteiger partial charge in [0.1, 0.15) is 0 Å². The zero-order chi connectivity index (χ0) is 11.8. The summed E-state index contributed by atoms with van der Waals surface area (Å²) in [4.78, 5) is 11.6. The first-order valence-corrected chi connectivity index (χ1v) is 6.00. The Labute approximate surface area is 108 Å². The van der Waals surface area contributed by atoms with Gasteiger partial charge in [-0.3, -0.25) is 0 Å². The second kappa shape index (κ2) is 4.06. The summed E-state index contributed by atoms with van der Waals surface area (Å²) in [6.45, 7) is 0. The molecule has 0 heterocycles. The molecule has 0 saturated heterocycles. The van der Waals surface area contributed by atoms with Crippen molar-refractivity contribution in [2.45, 2.75) is 18.3 Å². The Morgan fingerprint density at radius 1 is 1.56 bits per heavy atom. The van der Waals surface area contributed by atoms with Gasteiger partial charge in [-0.25, -0.2) is 4.79 Å². The van der Waals surface area contributed by atoms with Crippen molar-refractivity contribution in [1.29, 1.82) is 5.26 Å². The summed E-state index contributed by atoms with van der Waals surface area (Å²) in [6.07, 6.45) is 1.65. The van der Waals surface area contributed by atoms with Gasteiger partial charge in [-0.15, -0.1) is 0 Å². The predicted octanol–water partition coefficient (Wildman–Crippen LogP) is 2.63. The van der Waals surface area contributed by atoms with Crippen LogP contribution in [0.3, 0.4) is 0 Å². The molecule has 1 fully saturated rings. The fraction of sp³-hybridized carbons (Fsp3) is 0.333. The zero-order valence-corrected chi connectivity index (χ0v) is 10.9. The molecule has 0 aromatic heterocycles. The average Bonchev–Trinajstić information content (AvgIpc) is 3.08. The topological polar surface area (TPSA) is 50.1 Å². The fourth-order valence-electron chi connectivity index (χ4n) is 1.78. The Morgan fingerprint density at radius 3 is 2.75 bits per heavy atom. The Morgan fingerprint density at radius 2 is 2.25 bits per heavy atom. The molecule has 1 aliphatic rings. The molecule has 0 radical (unpaired) electrons. The molecule has 0 bridgehead atoms. The van der Waals surface area contributed by atoms with E-state index in [9.17, 15) is 4.79 Å². The normalized spacial score (nSPS) is 16.3. The zero-order valence-electron chi connectivity index (χ0n) is 8.79. The monoisotopic (exact) mass is 327 g/mol. The third-order valence-corrected chi connectivity index (χ3v) is 3.54. The van der Waals surface area contributed by atoms with E-state index in [0.29, 0.717) is 5.56 Å². The fourth-order valence-corrected chi connectivity index (χ4v) is 2.27. The van der Waals surface area contributed by atoms with E-state index in [2.05, 4.69) is 28.7 Å². The van der Waals surface area contributed by atoms with E-state index >= 15 is 0 Å². The third-order valence-electron chi connectivity index (χ3n) is 2.87. The number of carbonyl (C=O) groups is 1. The molecule has 16 heavy (non-hydrogen) atoms. The van der Waals surface area contributed by atoms with Crippen molar-refractivity contribution in [2.75, 3.05) is 7.11 Å². The van der Waals surface area contributed by atoms with E-state index in [1.165, 1.54) is 7.11 Å². The van der Waals surface area contributed by atoms with Crippen molar-refractivity contribution >= 4 is 28.6 Å². The highest BCUT2D eigenvalue weighted by Gasteiger charge is 2.47. The molecule has 0 spiro atoms. The van der Waals surface area contributed by atoms with Crippen LogP contribution < -0.4 is 0 Å². The van der Waals surface area contributed by atoms with Gasteiger partial charge in [-0.05, 0) is 53.1 Å². The lowest BCUT2D eigenvalue weighted by Crippen LogP contribution is -2.13. The minimum atomic E-state index is -0.451. The number of esters is 1. The van der Waals surface area contributed by atoms with Crippen LogP contribution in [0.4, 0.5) is 0 Å². The van der Waals surface area contributed by atoms with Crippen LogP contribution in [0.1, 0.15) is 28.8 Å². The summed E-state index contributed by atoms with van der Waals surface area (Å²) in [5, 5.41) is 9.15. The van der Waals surface area contributed by atoms with Gasteiger partial charge < -0.3 is 4.74 Å². The summed E-state index contributed by atoms with van der Waals surface area (Å²) < 4.78 is 5.72. The first-order valence-electron chi connectivity index (χ1n) is 4.92. The maximum Gasteiger partial charge on any atom is 0.338 e. The van der Waals surface area contributed by atoms with Crippen LogP contribution in [0.2, 0.25) is 0 Å². The van der Waals surface area contributed by atoms with Crippen molar-refractivity contribution in [3.8, 4) is 6.07 Å². The highest BCUT2D eigenvalue weighted by atomic mass is 127. The lowest BCUT2D eigenvalue weighted by atomic mass is 9.93. The van der Waals surface area contributed by atoms with Crippen LogP contribution in [0.15, 0.2) is 18.2 Å². The van der Waals surface area contributed by atoms with Crippen LogP contribution in [0.5, 0.6) is 0 Å². The van der Waals surface area contributed by atoms with Crippen molar-refractivity contribution in [3.63, 3.8) is 0 Å². The van der Waals surface area contributed by atoms with E-state index in [1.807, 2.05) is 12.1 Å². The van der Waals surface area contributed by atoms with Crippen molar-refractivity contribution in [3.05, 3.63) is 32.9 Å². The molecule has 82 valence electrons. The number of ether oxygens (including phenoxy) is 1. The largest absolute Gasteiger partial charge is 0.465 e. The van der Waals surface area contributed by atoms with Gasteiger partial charge in [-0.1, -0.05) is 6.07 Å². The SMILES string of the molecule is COC(=O)c1cc(I)ccc1C1(C#N)CC1. The maximum absolute atomic E-state index is 11.6. The van der Waals surface area contributed by atoms with Gasteiger partial charge in [-0.2, -0.15) is 5.26 Å². The lowest BCUT2D eigenvalue weighted by Gasteiger charge is -2.11. The molecule has 0 unspecified atom stereocenters. The molecule has 1 aliphatic carbocycles. The Hall–Kier alpha value is -1.09. The van der Waals surface area contributed by atoms with Gasteiger partial charge >= 0.3 is 5.97 Å². The minimum absolute atomic E-state index is 0.366. The molecular formula is C12H10INO2. The van der Waals surface area contributed by atoms with E-state index in [1.54, 1.807) is 6.07 Å². The summed E-state index contributed by atoms with van der Waals surface area (Å²) in [5.41, 5.74) is 0.879. The van der Waals surface area contributed by atoms with Crippen LogP contribution in [-0.4, -0.2) is 13.1 Å². The van der Waals surface area contributed by atoms with Crippen LogP contribution in [0, 0.1) is 14.9 Å². The molecule has 1 aromatic rings. The molecular weight excluding hydrogens is 317 g/mol. The third kappa shape index (κ3) is 1.80. The number of halogens is 1. The number of methoxy groups -OCH3 is 1. The lowest BCUT2D eigenvalue weighted by molar-refractivity contribution is 0.0599. The number of rotatable bonds is 2. The van der Waals surface area contributed by atoms with Gasteiger partial charge in [0.2, 0.25) is 0 Å². The number of hydrogen-bond donors (Lipinski definition) is 0. The van der Waals surface area contributed by atoms with Gasteiger partial charge in [0.25, 0.3) is 0 Å². The van der Waals surface area contributed by atoms with Crippen molar-refractivity contribution in [1.82, 2.24) is 0 Å². The number of nitrogens with zero attached hydrogens (tertiary/aromatic N) is 1. The smallest absolute Gasteiger partial charge is 0.338 e. The Kier molecular flexibility index (Phi) is 2.89. The molecule has 0 N–H and O–H groups in total. The number of benzene rings is 1. The average molecular weight is 327 g/mol. The minimum Gasteiger partial charge on any atom is -0.465 e. The highest BCUT2D eigenvalue weighted by Crippen LogP contribution is 2.49. The first-order chi connectivity index (χ1) is 7.63. The molecule has 0 atom stereocenters. The van der Waals surface area contributed by atoms with E-state index in [-0.39, 0.29) is 5.97 Å². The number of nitriles is 1. The van der Waals surface area contributed by atoms with Crippen molar-refractivity contribution in [2.24, 2.45) is 0 Å². The summed E-state index contributed by atoms with van der Waals surface area (Å²) in [5.74, 6) is -0.366. The quantitative estimate of drug-likeness (QED) is 0.620. The highest BCUT2D eigenvalue weighted by molar-refractivity contribution is 14.1. The molecule has 1 aromatic carbocycles. The Bertz CT molecular complexity index is 486. The molecule has 0 amide bonds. The maximum atomic E-state index is 11.6. The van der Waals surface area contributed by atoms with Crippen molar-refractivity contribution < 1.29 is 9.53 Å². The second-order valence-electron chi connectivity index (χ2n) is 3.88. The van der Waals surface area contributed by atoms with Gasteiger partial charge in [0, 0.05) is 3.57 Å². The first kappa shape index (κ1) is 11.4. The molecule has 4 heteroatoms. The van der Waals surface area contributed by atoms with E-state index in [0.717, 1.165) is 22.0 Å². The standard InChI is InChI=1S/C12H10INO2/c1-16-11(15)9-6-8(13)2-3-10(9)12(7-14)4-5-12/h2-3,6H,4-5H2,1H3. The van der Waals surface area contributed by atoms with E-state index < -0.39 is 5.41 Å². The molecule has 2 rings (SSSR count). The van der Waals surface area contributed by atoms with Gasteiger partial charge in [0.05, 0.1) is 24.2 Å². The van der Waals surface area contributed by atoms with Crippen LogP contribution in [-0.2, 0) is 10.2 Å². The molecule has 0 aliphatic heterocycles.